The molecular formula is C12H16N2O5. The van der Waals surface area contributed by atoms with Crippen LogP contribution in [0.4, 0.5) is 11.4 Å². The van der Waals surface area contributed by atoms with Gasteiger partial charge in [0.15, 0.2) is 0 Å². The van der Waals surface area contributed by atoms with Gasteiger partial charge >= 0.3 is 5.97 Å². The summed E-state index contributed by atoms with van der Waals surface area (Å²) >= 11 is 0. The largest absolute Gasteiger partial charge is 0.383 e. The van der Waals surface area contributed by atoms with Crippen LogP contribution in [0.25, 0.3) is 0 Å². The number of carbonyl (C=O) groups is 1. The van der Waals surface area contributed by atoms with Crippen molar-refractivity contribution in [3.8, 4) is 0 Å². The van der Waals surface area contributed by atoms with Gasteiger partial charge in [0.2, 0.25) is 0 Å². The molecule has 0 amide bonds. The van der Waals surface area contributed by atoms with Gasteiger partial charge in [-0.3, -0.25) is 15.0 Å². The van der Waals surface area contributed by atoms with E-state index in [0.29, 0.717) is 5.69 Å². The van der Waals surface area contributed by atoms with Gasteiger partial charge in [0.05, 0.1) is 10.5 Å². The third-order valence-corrected chi connectivity index (χ3v) is 2.07. The van der Waals surface area contributed by atoms with E-state index < -0.39 is 16.5 Å². The maximum atomic E-state index is 11.7. The van der Waals surface area contributed by atoms with Crippen LogP contribution in [0.2, 0.25) is 0 Å². The Morgan fingerprint density at radius 2 is 2.00 bits per heavy atom. The van der Waals surface area contributed by atoms with E-state index in [0.717, 1.165) is 6.07 Å². The maximum absolute atomic E-state index is 11.7. The van der Waals surface area contributed by atoms with Crippen molar-refractivity contribution in [2.45, 2.75) is 26.4 Å². The summed E-state index contributed by atoms with van der Waals surface area (Å²) in [6.45, 7) is 5.15. The Morgan fingerprint density at radius 3 is 2.47 bits per heavy atom. The van der Waals surface area contributed by atoms with Crippen LogP contribution in [-0.4, -0.2) is 23.5 Å². The number of carbonyl (C=O) groups excluding carboxylic acids is 1. The number of nitrogens with one attached hydrogen (secondary N) is 1. The van der Waals surface area contributed by atoms with Gasteiger partial charge in [0.25, 0.3) is 5.69 Å². The Balaban J connectivity index is 2.93. The molecule has 19 heavy (non-hydrogen) atoms. The summed E-state index contributed by atoms with van der Waals surface area (Å²) in [6.07, 6.45) is 0. The fraction of sp³-hybridized carbons (Fsp3) is 0.417. The molecule has 0 aromatic heterocycles. The van der Waals surface area contributed by atoms with E-state index in [-0.39, 0.29) is 11.3 Å². The lowest BCUT2D eigenvalue weighted by Gasteiger charge is -2.16. The lowest BCUT2D eigenvalue weighted by atomic mass is 10.2. The number of hydrogen-bond donors (Lipinski definition) is 1. The molecule has 0 saturated heterocycles. The van der Waals surface area contributed by atoms with E-state index in [1.807, 2.05) is 0 Å². The molecule has 0 saturated carbocycles. The molecule has 0 bridgehead atoms. The van der Waals surface area contributed by atoms with Crippen molar-refractivity contribution in [2.75, 3.05) is 12.4 Å². The minimum absolute atomic E-state index is 0.0509. The number of hydrogen-bond acceptors (Lipinski definition) is 6. The van der Waals surface area contributed by atoms with Crippen molar-refractivity contribution in [2.24, 2.45) is 0 Å². The first-order valence-electron chi connectivity index (χ1n) is 5.61. The minimum atomic E-state index is -0.777. The van der Waals surface area contributed by atoms with E-state index in [9.17, 15) is 14.9 Å². The third kappa shape index (κ3) is 4.22. The summed E-state index contributed by atoms with van der Waals surface area (Å²) in [7, 11) is 1.56. The minimum Gasteiger partial charge on any atom is -0.383 e. The molecule has 1 aromatic rings. The zero-order chi connectivity index (χ0) is 14.6. The molecule has 1 N–H and O–H groups in total. The molecular weight excluding hydrogens is 252 g/mol. The van der Waals surface area contributed by atoms with Crippen LogP contribution < -0.4 is 5.32 Å². The molecule has 0 aliphatic carbocycles. The Labute approximate surface area is 110 Å². The molecule has 7 nitrogen and oxygen atoms in total. The molecule has 1 aromatic carbocycles. The maximum Gasteiger partial charge on any atom is 0.373 e. The average molecular weight is 268 g/mol. The molecule has 1 rings (SSSR count). The van der Waals surface area contributed by atoms with Crippen LogP contribution in [-0.2, 0) is 9.78 Å². The smallest absolute Gasteiger partial charge is 0.373 e. The average Bonchev–Trinajstić information content (AvgIpc) is 2.34. The number of rotatable bonds is 4. The van der Waals surface area contributed by atoms with Crippen molar-refractivity contribution in [3.63, 3.8) is 0 Å². The first-order valence-corrected chi connectivity index (χ1v) is 5.61. The highest BCUT2D eigenvalue weighted by Crippen LogP contribution is 2.25. The van der Waals surface area contributed by atoms with Crippen LogP contribution in [0.3, 0.4) is 0 Å². The Hall–Kier alpha value is -2.15. The Morgan fingerprint density at radius 1 is 1.37 bits per heavy atom. The number of nitro benzene ring substituents is 1. The highest BCUT2D eigenvalue weighted by molar-refractivity contribution is 5.91. The molecule has 104 valence electrons. The summed E-state index contributed by atoms with van der Waals surface area (Å²) < 4.78 is 0. The monoisotopic (exact) mass is 268 g/mol. The molecule has 0 aliphatic rings. The SMILES string of the molecule is CNc1ccc(C(=O)OOC(C)(C)C)cc1[N+](=O)[O-]. The molecule has 0 radical (unpaired) electrons. The van der Waals surface area contributed by atoms with Crippen LogP contribution >= 0.6 is 0 Å². The molecule has 0 aliphatic heterocycles. The van der Waals surface area contributed by atoms with Crippen molar-refractivity contribution < 1.29 is 19.5 Å². The van der Waals surface area contributed by atoms with Gasteiger partial charge < -0.3 is 5.32 Å². The van der Waals surface area contributed by atoms with E-state index in [2.05, 4.69) is 10.2 Å². The molecule has 0 heterocycles. The van der Waals surface area contributed by atoms with Crippen molar-refractivity contribution in [3.05, 3.63) is 33.9 Å². The van der Waals surface area contributed by atoms with Gasteiger partial charge in [-0.2, -0.15) is 4.89 Å². The van der Waals surface area contributed by atoms with Crippen molar-refractivity contribution in [1.82, 2.24) is 0 Å². The van der Waals surface area contributed by atoms with E-state index in [1.165, 1.54) is 12.1 Å². The lowest BCUT2D eigenvalue weighted by molar-refractivity contribution is -0.384. The number of anilines is 1. The molecule has 0 fully saturated rings. The Kier molecular flexibility index (Phi) is 4.44. The molecule has 0 unspecified atom stereocenters. The molecule has 0 atom stereocenters. The second-order valence-corrected chi connectivity index (χ2v) is 4.81. The van der Waals surface area contributed by atoms with Crippen LogP contribution in [0.5, 0.6) is 0 Å². The first-order chi connectivity index (χ1) is 8.74. The standard InChI is InChI=1S/C12H16N2O5/c1-12(2,3)19-18-11(15)8-5-6-9(13-4)10(7-8)14(16)17/h5-7,13H,1-4H3. The Bertz CT molecular complexity index is 493. The second-order valence-electron chi connectivity index (χ2n) is 4.81. The fourth-order valence-corrected chi connectivity index (χ4v) is 1.23. The van der Waals surface area contributed by atoms with Gasteiger partial charge in [-0.25, -0.2) is 4.79 Å². The molecule has 0 spiro atoms. The first kappa shape index (κ1) is 14.9. The zero-order valence-electron chi connectivity index (χ0n) is 11.2. The quantitative estimate of drug-likeness (QED) is 0.512. The van der Waals surface area contributed by atoms with E-state index >= 15 is 0 Å². The number of benzene rings is 1. The van der Waals surface area contributed by atoms with Crippen molar-refractivity contribution >= 4 is 17.3 Å². The summed E-state index contributed by atoms with van der Waals surface area (Å²) in [5.41, 5.74) is -0.479. The van der Waals surface area contributed by atoms with Crippen molar-refractivity contribution in [1.29, 1.82) is 0 Å². The predicted octanol–water partition coefficient (Wildman–Crippen LogP) is 2.52. The second kappa shape index (κ2) is 5.66. The molecule has 7 heteroatoms. The highest BCUT2D eigenvalue weighted by atomic mass is 17.2. The van der Waals surface area contributed by atoms with E-state index in [4.69, 9.17) is 4.89 Å². The van der Waals surface area contributed by atoms with Crippen LogP contribution in [0, 0.1) is 10.1 Å². The highest BCUT2D eigenvalue weighted by Gasteiger charge is 2.20. The summed E-state index contributed by atoms with van der Waals surface area (Å²) in [5.74, 6) is -0.777. The van der Waals surface area contributed by atoms with Gasteiger partial charge in [0.1, 0.15) is 11.3 Å². The van der Waals surface area contributed by atoms with Gasteiger partial charge in [-0.05, 0) is 32.9 Å². The summed E-state index contributed by atoms with van der Waals surface area (Å²) in [6, 6.07) is 4.00. The third-order valence-electron chi connectivity index (χ3n) is 2.07. The fourth-order valence-electron chi connectivity index (χ4n) is 1.23. The summed E-state index contributed by atoms with van der Waals surface area (Å²) in [5, 5.41) is 13.5. The van der Waals surface area contributed by atoms with E-state index in [1.54, 1.807) is 27.8 Å². The van der Waals surface area contributed by atoms with Gasteiger partial charge in [-0.1, -0.05) is 0 Å². The van der Waals surface area contributed by atoms with Crippen LogP contribution in [0.15, 0.2) is 18.2 Å². The predicted molar refractivity (Wildman–Crippen MR) is 68.9 cm³/mol. The zero-order valence-corrected chi connectivity index (χ0v) is 11.2. The topological polar surface area (TPSA) is 90.7 Å². The van der Waals surface area contributed by atoms with Crippen LogP contribution in [0.1, 0.15) is 31.1 Å². The van der Waals surface area contributed by atoms with Gasteiger partial charge in [-0.15, -0.1) is 0 Å². The summed E-state index contributed by atoms with van der Waals surface area (Å²) in [4.78, 5) is 31.4. The normalized spacial score (nSPS) is 10.9. The lowest BCUT2D eigenvalue weighted by Crippen LogP contribution is -2.22. The number of nitrogens with zero attached hydrogens (tertiary/aromatic N) is 1. The van der Waals surface area contributed by atoms with Gasteiger partial charge in [0, 0.05) is 13.1 Å². The number of nitro groups is 1.